The van der Waals surface area contributed by atoms with Crippen molar-refractivity contribution in [2.45, 2.75) is 9.24 Å². The molecule has 5 nitrogen and oxygen atoms in total. The number of nitrogen functional groups attached to an aromatic ring is 1. The molecule has 0 saturated carbocycles. The summed E-state index contributed by atoms with van der Waals surface area (Å²) in [5.74, 6) is -0.398. The minimum Gasteiger partial charge on any atom is -0.398 e. The molecular weight excluding hydrogens is 309 g/mol. The van der Waals surface area contributed by atoms with Gasteiger partial charge in [-0.1, -0.05) is 23.1 Å². The number of pyridine rings is 1. The van der Waals surface area contributed by atoms with Crippen molar-refractivity contribution in [2.75, 3.05) is 24.7 Å². The zero-order valence-corrected chi connectivity index (χ0v) is 13.0. The highest BCUT2D eigenvalue weighted by atomic mass is 32.2. The molecule has 0 aliphatic rings. The van der Waals surface area contributed by atoms with Crippen molar-refractivity contribution < 1.29 is 4.39 Å². The minimum atomic E-state index is -0.398. The van der Waals surface area contributed by atoms with Gasteiger partial charge in [-0.05, 0) is 18.2 Å². The predicted molar refractivity (Wildman–Crippen MR) is 84.5 cm³/mol. The molecule has 0 saturated heterocycles. The number of anilines is 2. The van der Waals surface area contributed by atoms with Gasteiger partial charge in [0.15, 0.2) is 4.34 Å². The Balaban J connectivity index is 2.07. The number of benzene rings is 1. The van der Waals surface area contributed by atoms with Crippen molar-refractivity contribution >= 4 is 44.8 Å². The lowest BCUT2D eigenvalue weighted by Crippen LogP contribution is -2.07. The van der Waals surface area contributed by atoms with E-state index in [0.717, 1.165) is 10.5 Å². The van der Waals surface area contributed by atoms with Gasteiger partial charge in [-0.25, -0.2) is 4.39 Å². The molecule has 0 atom stereocenters. The van der Waals surface area contributed by atoms with Crippen LogP contribution in [0.15, 0.2) is 33.6 Å². The molecule has 108 valence electrons. The predicted octanol–water partition coefficient (Wildman–Crippen LogP) is 3.02. The van der Waals surface area contributed by atoms with Gasteiger partial charge in [0.2, 0.25) is 5.13 Å². The van der Waals surface area contributed by atoms with E-state index in [1.807, 2.05) is 25.1 Å². The van der Waals surface area contributed by atoms with Gasteiger partial charge in [0.1, 0.15) is 5.82 Å². The summed E-state index contributed by atoms with van der Waals surface area (Å²) in [6.07, 6.45) is 1.62. The first kappa shape index (κ1) is 14.0. The molecule has 8 heteroatoms. The highest BCUT2D eigenvalue weighted by molar-refractivity contribution is 8.01. The summed E-state index contributed by atoms with van der Waals surface area (Å²) < 4.78 is 14.9. The number of rotatable bonds is 3. The van der Waals surface area contributed by atoms with Gasteiger partial charge in [0.25, 0.3) is 0 Å². The van der Waals surface area contributed by atoms with E-state index in [2.05, 4.69) is 15.2 Å². The maximum absolute atomic E-state index is 14.2. The summed E-state index contributed by atoms with van der Waals surface area (Å²) in [5, 5.41) is 9.62. The van der Waals surface area contributed by atoms with Crippen molar-refractivity contribution in [3.63, 3.8) is 0 Å². The number of aromatic nitrogens is 3. The molecule has 0 bridgehead atoms. The van der Waals surface area contributed by atoms with Crippen LogP contribution in [0.25, 0.3) is 10.9 Å². The van der Waals surface area contributed by atoms with E-state index in [1.165, 1.54) is 29.2 Å². The van der Waals surface area contributed by atoms with E-state index in [0.29, 0.717) is 20.4 Å². The summed E-state index contributed by atoms with van der Waals surface area (Å²) in [7, 11) is 3.77. The van der Waals surface area contributed by atoms with Crippen LogP contribution in [-0.2, 0) is 0 Å². The van der Waals surface area contributed by atoms with E-state index < -0.39 is 5.82 Å². The average Bonchev–Trinajstić information content (AvgIpc) is 2.92. The largest absolute Gasteiger partial charge is 0.398 e. The standard InChI is InChI=1S/C13H12FN5S2/c1-19(2)12-17-18-13(21-12)20-11-8(14)6-9(15)7-4-3-5-16-10(7)11/h3-6H,15H2,1-2H3. The van der Waals surface area contributed by atoms with Gasteiger partial charge in [0.05, 0.1) is 10.4 Å². The Hall–Kier alpha value is -1.93. The van der Waals surface area contributed by atoms with Gasteiger partial charge >= 0.3 is 0 Å². The molecule has 1 aromatic carbocycles. The van der Waals surface area contributed by atoms with Gasteiger partial charge in [-0.3, -0.25) is 4.98 Å². The smallest absolute Gasteiger partial charge is 0.208 e. The van der Waals surface area contributed by atoms with E-state index in [1.54, 1.807) is 12.3 Å². The first-order valence-electron chi connectivity index (χ1n) is 6.07. The Bertz CT molecular complexity index is 802. The van der Waals surface area contributed by atoms with E-state index in [4.69, 9.17) is 5.73 Å². The van der Waals surface area contributed by atoms with Crippen LogP contribution in [0.3, 0.4) is 0 Å². The molecule has 3 aromatic rings. The molecule has 2 heterocycles. The zero-order chi connectivity index (χ0) is 15.0. The lowest BCUT2D eigenvalue weighted by Gasteiger charge is -2.07. The Morgan fingerprint density at radius 1 is 1.33 bits per heavy atom. The highest BCUT2D eigenvalue weighted by Gasteiger charge is 2.16. The van der Waals surface area contributed by atoms with E-state index >= 15 is 0 Å². The molecule has 0 spiro atoms. The Morgan fingerprint density at radius 3 is 2.86 bits per heavy atom. The van der Waals surface area contributed by atoms with Crippen molar-refractivity contribution in [2.24, 2.45) is 0 Å². The number of hydrogen-bond donors (Lipinski definition) is 1. The molecule has 2 aromatic heterocycles. The molecule has 3 rings (SSSR count). The zero-order valence-electron chi connectivity index (χ0n) is 11.4. The molecule has 0 radical (unpaired) electrons. The summed E-state index contributed by atoms with van der Waals surface area (Å²) in [5.41, 5.74) is 6.77. The Kier molecular flexibility index (Phi) is 3.64. The second-order valence-corrected chi connectivity index (χ2v) is 6.74. The van der Waals surface area contributed by atoms with Crippen LogP contribution in [0.1, 0.15) is 0 Å². The second kappa shape index (κ2) is 5.45. The van der Waals surface area contributed by atoms with Gasteiger partial charge in [-0.15, -0.1) is 10.2 Å². The number of nitrogens with two attached hydrogens (primary N) is 1. The maximum atomic E-state index is 14.2. The number of halogens is 1. The SMILES string of the molecule is CN(C)c1nnc(Sc2c(F)cc(N)c3cccnc23)s1. The van der Waals surface area contributed by atoms with Crippen LogP contribution in [-0.4, -0.2) is 29.3 Å². The van der Waals surface area contributed by atoms with Gasteiger partial charge < -0.3 is 10.6 Å². The van der Waals surface area contributed by atoms with Gasteiger partial charge in [0, 0.05) is 31.4 Å². The van der Waals surface area contributed by atoms with Crippen LogP contribution in [0.4, 0.5) is 15.2 Å². The fourth-order valence-electron chi connectivity index (χ4n) is 1.82. The van der Waals surface area contributed by atoms with Crippen molar-refractivity contribution in [3.8, 4) is 0 Å². The summed E-state index contributed by atoms with van der Waals surface area (Å²) in [6, 6.07) is 4.92. The third kappa shape index (κ3) is 2.64. The van der Waals surface area contributed by atoms with Crippen LogP contribution >= 0.6 is 23.1 Å². The fraction of sp³-hybridized carbons (Fsp3) is 0.154. The maximum Gasteiger partial charge on any atom is 0.208 e. The second-order valence-electron chi connectivity index (χ2n) is 4.52. The number of nitrogens with zero attached hydrogens (tertiary/aromatic N) is 4. The van der Waals surface area contributed by atoms with Gasteiger partial charge in [-0.2, -0.15) is 0 Å². The topological polar surface area (TPSA) is 67.9 Å². The molecule has 0 amide bonds. The Labute approximate surface area is 129 Å². The molecular formula is C13H12FN5S2. The van der Waals surface area contributed by atoms with E-state index in [-0.39, 0.29) is 0 Å². The monoisotopic (exact) mass is 321 g/mol. The van der Waals surface area contributed by atoms with Crippen LogP contribution in [0, 0.1) is 5.82 Å². The van der Waals surface area contributed by atoms with Crippen LogP contribution in [0.5, 0.6) is 0 Å². The lowest BCUT2D eigenvalue weighted by atomic mass is 10.2. The minimum absolute atomic E-state index is 0.381. The molecule has 21 heavy (non-hydrogen) atoms. The van der Waals surface area contributed by atoms with Crippen molar-refractivity contribution in [1.29, 1.82) is 0 Å². The quantitative estimate of drug-likeness (QED) is 0.748. The van der Waals surface area contributed by atoms with E-state index in [9.17, 15) is 4.39 Å². The summed E-state index contributed by atoms with van der Waals surface area (Å²) in [4.78, 5) is 6.52. The fourth-order valence-corrected chi connectivity index (χ4v) is 3.64. The lowest BCUT2D eigenvalue weighted by molar-refractivity contribution is 0.605. The van der Waals surface area contributed by atoms with Crippen LogP contribution in [0.2, 0.25) is 0 Å². The first-order valence-corrected chi connectivity index (χ1v) is 7.71. The third-order valence-electron chi connectivity index (χ3n) is 2.80. The first-order chi connectivity index (χ1) is 10.1. The molecule has 0 unspecified atom stereocenters. The number of hydrogen-bond acceptors (Lipinski definition) is 7. The average molecular weight is 321 g/mol. The summed E-state index contributed by atoms with van der Waals surface area (Å²) >= 11 is 2.61. The molecule has 0 fully saturated rings. The molecule has 0 aliphatic carbocycles. The van der Waals surface area contributed by atoms with Crippen molar-refractivity contribution in [1.82, 2.24) is 15.2 Å². The molecule has 2 N–H and O–H groups in total. The van der Waals surface area contributed by atoms with Crippen LogP contribution < -0.4 is 10.6 Å². The highest BCUT2D eigenvalue weighted by Crippen LogP contribution is 2.39. The third-order valence-corrected chi connectivity index (χ3v) is 5.04. The van der Waals surface area contributed by atoms with Crippen molar-refractivity contribution in [3.05, 3.63) is 30.2 Å². The number of fused-ring (bicyclic) bond motifs is 1. The summed E-state index contributed by atoms with van der Waals surface area (Å²) in [6.45, 7) is 0. The normalized spacial score (nSPS) is 11.0. The molecule has 0 aliphatic heterocycles. The Morgan fingerprint density at radius 2 is 2.14 bits per heavy atom.